The molecule has 0 bridgehead atoms. The van der Waals surface area contributed by atoms with Crippen molar-refractivity contribution < 1.29 is 28.7 Å². The first-order valence-electron chi connectivity index (χ1n) is 14.9. The van der Waals surface area contributed by atoms with E-state index in [1.807, 2.05) is 27.7 Å². The molecule has 1 heterocycles. The summed E-state index contributed by atoms with van der Waals surface area (Å²) < 4.78 is 5.42. The van der Waals surface area contributed by atoms with Gasteiger partial charge in [-0.3, -0.25) is 19.2 Å². The standard InChI is InChI=1S/C31H54N4O6/c1-11-13-14-22(24(36)27(38)32-17-12-2)33-26(37)23-18-21(16-15-20(3)4)19-35(23)28(39)25(30(5,6)7)34-29(40)41-31(8,9)10/h12,20-23,25H,2,11,13-19H2,1,3-10H3,(H,32,38)(H,33,37)(H,34,40)/t21-,22?,23?,25-/m1/s1. The number of amides is 4. The number of hydrogen-bond acceptors (Lipinski definition) is 6. The highest BCUT2D eigenvalue weighted by atomic mass is 16.6. The third-order valence-electron chi connectivity index (χ3n) is 7.01. The topological polar surface area (TPSA) is 134 Å². The Morgan fingerprint density at radius 3 is 2.17 bits per heavy atom. The molecule has 4 atom stereocenters. The number of unbranched alkanes of at least 4 members (excludes halogenated alkanes) is 1. The lowest BCUT2D eigenvalue weighted by Crippen LogP contribution is -2.59. The second-order valence-electron chi connectivity index (χ2n) is 13.6. The fraction of sp³-hybridized carbons (Fsp3) is 0.774. The highest BCUT2D eigenvalue weighted by molar-refractivity contribution is 6.38. The number of carbonyl (C=O) groups is 5. The number of hydrogen-bond donors (Lipinski definition) is 3. The molecule has 0 aromatic heterocycles. The molecular formula is C31H54N4O6. The van der Waals surface area contributed by atoms with E-state index in [0.29, 0.717) is 31.7 Å². The van der Waals surface area contributed by atoms with Gasteiger partial charge in [0.1, 0.15) is 17.7 Å². The monoisotopic (exact) mass is 578 g/mol. The third-order valence-corrected chi connectivity index (χ3v) is 7.01. The van der Waals surface area contributed by atoms with Crippen LogP contribution in [0.2, 0.25) is 0 Å². The normalized spacial score (nSPS) is 18.8. The van der Waals surface area contributed by atoms with Crippen LogP contribution in [0.25, 0.3) is 0 Å². The average molecular weight is 579 g/mol. The highest BCUT2D eigenvalue weighted by Crippen LogP contribution is 2.32. The lowest BCUT2D eigenvalue weighted by Gasteiger charge is -2.36. The molecule has 0 saturated carbocycles. The summed E-state index contributed by atoms with van der Waals surface area (Å²) in [7, 11) is 0. The Morgan fingerprint density at radius 2 is 1.66 bits per heavy atom. The van der Waals surface area contributed by atoms with Crippen LogP contribution in [0, 0.1) is 17.3 Å². The van der Waals surface area contributed by atoms with Crippen LogP contribution in [0.4, 0.5) is 4.79 Å². The van der Waals surface area contributed by atoms with E-state index in [9.17, 15) is 24.0 Å². The molecule has 10 nitrogen and oxygen atoms in total. The fourth-order valence-electron chi connectivity index (χ4n) is 4.79. The molecular weight excluding hydrogens is 524 g/mol. The van der Waals surface area contributed by atoms with Crippen LogP contribution in [0.1, 0.15) is 101 Å². The van der Waals surface area contributed by atoms with E-state index < -0.39 is 52.8 Å². The van der Waals surface area contributed by atoms with Gasteiger partial charge in [0.15, 0.2) is 0 Å². The summed E-state index contributed by atoms with van der Waals surface area (Å²) in [5.74, 6) is -1.81. The minimum Gasteiger partial charge on any atom is -0.444 e. The summed E-state index contributed by atoms with van der Waals surface area (Å²) in [5.41, 5.74) is -1.42. The van der Waals surface area contributed by atoms with Crippen molar-refractivity contribution in [3.63, 3.8) is 0 Å². The van der Waals surface area contributed by atoms with Gasteiger partial charge in [0.25, 0.3) is 5.91 Å². The number of alkyl carbamates (subject to hydrolysis) is 1. The van der Waals surface area contributed by atoms with Crippen LogP contribution in [0.5, 0.6) is 0 Å². The van der Waals surface area contributed by atoms with Gasteiger partial charge in [0.2, 0.25) is 17.6 Å². The molecule has 0 spiro atoms. The zero-order valence-corrected chi connectivity index (χ0v) is 26.7. The van der Waals surface area contributed by atoms with Crippen molar-refractivity contribution in [1.29, 1.82) is 0 Å². The second-order valence-corrected chi connectivity index (χ2v) is 13.6. The summed E-state index contributed by atoms with van der Waals surface area (Å²) in [6.07, 6.45) is 4.72. The van der Waals surface area contributed by atoms with Gasteiger partial charge in [0, 0.05) is 13.1 Å². The van der Waals surface area contributed by atoms with Crippen molar-refractivity contribution in [1.82, 2.24) is 20.9 Å². The molecule has 0 aliphatic carbocycles. The second kappa shape index (κ2) is 15.9. The first kappa shape index (κ1) is 36.1. The van der Waals surface area contributed by atoms with Gasteiger partial charge in [0.05, 0.1) is 6.04 Å². The van der Waals surface area contributed by atoms with E-state index in [1.165, 1.54) is 11.0 Å². The Kier molecular flexibility index (Phi) is 14.0. The van der Waals surface area contributed by atoms with Crippen molar-refractivity contribution in [2.45, 2.75) is 125 Å². The number of Topliss-reactive ketones (excluding diaryl/α,β-unsaturated/α-hetero) is 1. The number of ether oxygens (including phenoxy) is 1. The Morgan fingerprint density at radius 1 is 1.02 bits per heavy atom. The lowest BCUT2D eigenvalue weighted by molar-refractivity contribution is -0.144. The molecule has 4 amide bonds. The Bertz CT molecular complexity index is 934. The van der Waals surface area contributed by atoms with Crippen LogP contribution < -0.4 is 16.0 Å². The maximum atomic E-state index is 14.0. The molecule has 1 rings (SSSR count). The predicted octanol–water partition coefficient (Wildman–Crippen LogP) is 4.13. The molecule has 0 radical (unpaired) electrons. The minimum absolute atomic E-state index is 0.0833. The SMILES string of the molecule is C=CCNC(=O)C(=O)C(CCCC)NC(=O)C1C[C@@H](CCC(C)C)CN1C(=O)[C@@H](NC(=O)OC(C)(C)C)C(C)(C)C. The van der Waals surface area contributed by atoms with Crippen molar-refractivity contribution >= 4 is 29.6 Å². The van der Waals surface area contributed by atoms with Crippen LogP contribution in [0.15, 0.2) is 12.7 Å². The van der Waals surface area contributed by atoms with E-state index in [0.717, 1.165) is 19.3 Å². The maximum Gasteiger partial charge on any atom is 0.408 e. The molecule has 234 valence electrons. The van der Waals surface area contributed by atoms with Crippen LogP contribution >= 0.6 is 0 Å². The van der Waals surface area contributed by atoms with Gasteiger partial charge in [-0.05, 0) is 57.3 Å². The number of nitrogens with one attached hydrogen (secondary N) is 3. The molecule has 10 heteroatoms. The molecule has 0 aromatic rings. The summed E-state index contributed by atoms with van der Waals surface area (Å²) in [5, 5.41) is 8.01. The molecule has 1 saturated heterocycles. The Hall–Kier alpha value is -2.91. The van der Waals surface area contributed by atoms with E-state index >= 15 is 0 Å². The van der Waals surface area contributed by atoms with Crippen LogP contribution in [-0.4, -0.2) is 71.3 Å². The quantitative estimate of drug-likeness (QED) is 0.210. The number of carbonyl (C=O) groups excluding carboxylic acids is 5. The van der Waals surface area contributed by atoms with Crippen molar-refractivity contribution in [2.75, 3.05) is 13.1 Å². The van der Waals surface area contributed by atoms with Gasteiger partial charge in [-0.25, -0.2) is 4.79 Å². The first-order chi connectivity index (χ1) is 18.9. The molecule has 1 aliphatic rings. The smallest absolute Gasteiger partial charge is 0.408 e. The third kappa shape index (κ3) is 12.2. The van der Waals surface area contributed by atoms with Crippen molar-refractivity contribution in [2.24, 2.45) is 17.3 Å². The lowest BCUT2D eigenvalue weighted by atomic mass is 9.85. The molecule has 41 heavy (non-hydrogen) atoms. The summed E-state index contributed by atoms with van der Waals surface area (Å²) in [6, 6.07) is -2.78. The summed E-state index contributed by atoms with van der Waals surface area (Å²) >= 11 is 0. The minimum atomic E-state index is -1.00. The van der Waals surface area contributed by atoms with E-state index in [1.54, 1.807) is 20.8 Å². The van der Waals surface area contributed by atoms with Gasteiger partial charge in [-0.15, -0.1) is 6.58 Å². The maximum absolute atomic E-state index is 14.0. The van der Waals surface area contributed by atoms with Gasteiger partial charge in [-0.2, -0.15) is 0 Å². The number of rotatable bonds is 14. The first-order valence-corrected chi connectivity index (χ1v) is 14.9. The number of nitrogens with zero attached hydrogens (tertiary/aromatic N) is 1. The van der Waals surface area contributed by atoms with E-state index in [2.05, 4.69) is 36.4 Å². The van der Waals surface area contributed by atoms with E-state index in [4.69, 9.17) is 4.74 Å². The molecule has 1 fully saturated rings. The average Bonchev–Trinajstić information content (AvgIpc) is 3.29. The van der Waals surface area contributed by atoms with Crippen molar-refractivity contribution in [3.05, 3.63) is 12.7 Å². The summed E-state index contributed by atoms with van der Waals surface area (Å²) in [6.45, 7) is 21.0. The van der Waals surface area contributed by atoms with Gasteiger partial charge >= 0.3 is 6.09 Å². The zero-order valence-electron chi connectivity index (χ0n) is 26.7. The highest BCUT2D eigenvalue weighted by Gasteiger charge is 2.45. The van der Waals surface area contributed by atoms with Crippen LogP contribution in [-0.2, 0) is 23.9 Å². The predicted molar refractivity (Wildman–Crippen MR) is 160 cm³/mol. The molecule has 1 aliphatic heterocycles. The molecule has 0 aromatic carbocycles. The number of ketones is 1. The fourth-order valence-corrected chi connectivity index (χ4v) is 4.79. The molecule has 3 N–H and O–H groups in total. The van der Waals surface area contributed by atoms with Gasteiger partial charge in [-0.1, -0.05) is 66.9 Å². The number of likely N-dealkylation sites (tertiary alicyclic amines) is 1. The van der Waals surface area contributed by atoms with Crippen LogP contribution in [0.3, 0.4) is 0 Å². The van der Waals surface area contributed by atoms with Gasteiger partial charge < -0.3 is 25.6 Å². The summed E-state index contributed by atoms with van der Waals surface area (Å²) in [4.78, 5) is 67.3. The van der Waals surface area contributed by atoms with E-state index in [-0.39, 0.29) is 18.4 Å². The molecule has 2 unspecified atom stereocenters. The Labute approximate surface area is 246 Å². The van der Waals surface area contributed by atoms with Crippen molar-refractivity contribution in [3.8, 4) is 0 Å². The zero-order chi connectivity index (χ0) is 31.5. The Balaban J connectivity index is 3.29. The largest absolute Gasteiger partial charge is 0.444 e.